The topological polar surface area (TPSA) is 41.1 Å². The molecule has 3 nitrogen and oxygen atoms in total. The van der Waals surface area contributed by atoms with Crippen LogP contribution in [0.3, 0.4) is 0 Å². The van der Waals surface area contributed by atoms with Crippen LogP contribution in [-0.4, -0.2) is 12.1 Å². The van der Waals surface area contributed by atoms with Crippen LogP contribution in [-0.2, 0) is 0 Å². The molecule has 2 amide bonds. The molecule has 0 spiro atoms. The SMILES string of the molecule is CC(C)/C=C/NC(=O)NC(C)C12CC3CC(CC(C3)C1)C2. The number of hydrogen-bond donors (Lipinski definition) is 2. The van der Waals surface area contributed by atoms with Gasteiger partial charge in [0, 0.05) is 12.2 Å². The third kappa shape index (κ3) is 3.12. The summed E-state index contributed by atoms with van der Waals surface area (Å²) < 4.78 is 0. The van der Waals surface area contributed by atoms with E-state index in [9.17, 15) is 4.79 Å². The van der Waals surface area contributed by atoms with Crippen molar-refractivity contribution in [3.05, 3.63) is 12.3 Å². The summed E-state index contributed by atoms with van der Waals surface area (Å²) in [6.45, 7) is 6.43. The van der Waals surface area contributed by atoms with E-state index < -0.39 is 0 Å². The summed E-state index contributed by atoms with van der Waals surface area (Å²) in [4.78, 5) is 12.1. The molecule has 4 aliphatic rings. The number of rotatable bonds is 4. The van der Waals surface area contributed by atoms with Crippen LogP contribution in [0.1, 0.15) is 59.3 Å². The minimum atomic E-state index is -0.0462. The van der Waals surface area contributed by atoms with Crippen LogP contribution in [0.25, 0.3) is 0 Å². The van der Waals surface area contributed by atoms with Gasteiger partial charge in [0.15, 0.2) is 0 Å². The lowest BCUT2D eigenvalue weighted by Crippen LogP contribution is -2.56. The van der Waals surface area contributed by atoms with Crippen molar-refractivity contribution in [2.75, 3.05) is 0 Å². The highest BCUT2D eigenvalue weighted by Crippen LogP contribution is 2.61. The average molecular weight is 290 g/mol. The summed E-state index contributed by atoms with van der Waals surface area (Å²) in [5, 5.41) is 6.06. The van der Waals surface area contributed by atoms with Crippen LogP contribution >= 0.6 is 0 Å². The largest absolute Gasteiger partial charge is 0.335 e. The predicted molar refractivity (Wildman–Crippen MR) is 85.7 cm³/mol. The van der Waals surface area contributed by atoms with E-state index >= 15 is 0 Å². The van der Waals surface area contributed by atoms with Gasteiger partial charge < -0.3 is 10.6 Å². The zero-order valence-corrected chi connectivity index (χ0v) is 13.7. The van der Waals surface area contributed by atoms with Crippen LogP contribution in [0.4, 0.5) is 4.79 Å². The first kappa shape index (κ1) is 14.9. The third-order valence-electron chi connectivity index (χ3n) is 6.05. The maximum atomic E-state index is 12.1. The van der Waals surface area contributed by atoms with Crippen molar-refractivity contribution in [2.45, 2.75) is 65.3 Å². The van der Waals surface area contributed by atoms with Crippen LogP contribution in [0, 0.1) is 29.1 Å². The van der Waals surface area contributed by atoms with Gasteiger partial charge in [0.2, 0.25) is 0 Å². The normalized spacial score (nSPS) is 39.0. The molecule has 4 saturated carbocycles. The maximum absolute atomic E-state index is 12.1. The van der Waals surface area contributed by atoms with Gasteiger partial charge in [-0.05, 0) is 74.5 Å². The first-order valence-electron chi connectivity index (χ1n) is 8.70. The molecule has 2 N–H and O–H groups in total. The summed E-state index contributed by atoms with van der Waals surface area (Å²) >= 11 is 0. The molecular formula is C18H30N2O. The number of hydrogen-bond acceptors (Lipinski definition) is 1. The maximum Gasteiger partial charge on any atom is 0.318 e. The molecule has 0 aromatic rings. The molecule has 0 aromatic heterocycles. The quantitative estimate of drug-likeness (QED) is 0.805. The van der Waals surface area contributed by atoms with Crippen molar-refractivity contribution < 1.29 is 4.79 Å². The molecule has 1 unspecified atom stereocenters. The van der Waals surface area contributed by atoms with Gasteiger partial charge >= 0.3 is 6.03 Å². The van der Waals surface area contributed by atoms with Crippen molar-refractivity contribution in [1.82, 2.24) is 10.6 Å². The molecule has 0 aliphatic heterocycles. The van der Waals surface area contributed by atoms with E-state index in [0.29, 0.717) is 17.4 Å². The first-order valence-corrected chi connectivity index (χ1v) is 8.70. The van der Waals surface area contributed by atoms with Crippen molar-refractivity contribution >= 4 is 6.03 Å². The van der Waals surface area contributed by atoms with Crippen LogP contribution in [0.15, 0.2) is 12.3 Å². The molecule has 118 valence electrons. The molecule has 4 bridgehead atoms. The van der Waals surface area contributed by atoms with Gasteiger partial charge in [0.25, 0.3) is 0 Å². The van der Waals surface area contributed by atoms with E-state index in [1.807, 2.05) is 6.08 Å². The zero-order chi connectivity index (χ0) is 15.0. The fraction of sp³-hybridized carbons (Fsp3) is 0.833. The highest BCUT2D eigenvalue weighted by atomic mass is 16.2. The Hall–Kier alpha value is -0.990. The molecular weight excluding hydrogens is 260 g/mol. The third-order valence-corrected chi connectivity index (χ3v) is 6.05. The van der Waals surface area contributed by atoms with E-state index in [2.05, 4.69) is 31.4 Å². The molecule has 3 heteroatoms. The van der Waals surface area contributed by atoms with Gasteiger partial charge in [-0.25, -0.2) is 4.79 Å². The molecule has 0 aromatic carbocycles. The fourth-order valence-electron chi connectivity index (χ4n) is 5.42. The second kappa shape index (κ2) is 5.66. The highest BCUT2D eigenvalue weighted by molar-refractivity contribution is 5.75. The fourth-order valence-corrected chi connectivity index (χ4v) is 5.42. The molecule has 4 aliphatic carbocycles. The predicted octanol–water partition coefficient (Wildman–Crippen LogP) is 4.06. The van der Waals surface area contributed by atoms with Crippen molar-refractivity contribution in [2.24, 2.45) is 29.1 Å². The Balaban J connectivity index is 1.58. The van der Waals surface area contributed by atoms with E-state index in [-0.39, 0.29) is 6.03 Å². The molecule has 0 radical (unpaired) electrons. The van der Waals surface area contributed by atoms with Gasteiger partial charge in [-0.3, -0.25) is 0 Å². The Morgan fingerprint density at radius 1 is 1.05 bits per heavy atom. The molecule has 0 saturated heterocycles. The number of amides is 2. The van der Waals surface area contributed by atoms with Gasteiger partial charge in [0.05, 0.1) is 0 Å². The van der Waals surface area contributed by atoms with E-state index in [0.717, 1.165) is 17.8 Å². The molecule has 4 fully saturated rings. The number of carbonyl (C=O) groups is 1. The van der Waals surface area contributed by atoms with Gasteiger partial charge in [-0.2, -0.15) is 0 Å². The molecule has 1 atom stereocenters. The molecule has 0 heterocycles. The van der Waals surface area contributed by atoms with Crippen molar-refractivity contribution in [3.63, 3.8) is 0 Å². The number of urea groups is 1. The minimum Gasteiger partial charge on any atom is -0.335 e. The summed E-state index contributed by atoms with van der Waals surface area (Å²) in [6.07, 6.45) is 12.1. The van der Waals surface area contributed by atoms with Crippen LogP contribution < -0.4 is 10.6 Å². The molecule has 4 rings (SSSR count). The van der Waals surface area contributed by atoms with Gasteiger partial charge in [0.1, 0.15) is 0 Å². The summed E-state index contributed by atoms with van der Waals surface area (Å²) in [7, 11) is 0. The van der Waals surface area contributed by atoms with Gasteiger partial charge in [-0.1, -0.05) is 19.9 Å². The van der Waals surface area contributed by atoms with Crippen molar-refractivity contribution in [1.29, 1.82) is 0 Å². The number of carbonyl (C=O) groups excluding carboxylic acids is 1. The van der Waals surface area contributed by atoms with Gasteiger partial charge in [-0.15, -0.1) is 0 Å². The van der Waals surface area contributed by atoms with E-state index in [4.69, 9.17) is 0 Å². The Labute approximate surface area is 128 Å². The zero-order valence-electron chi connectivity index (χ0n) is 13.7. The minimum absolute atomic E-state index is 0.0462. The summed E-state index contributed by atoms with van der Waals surface area (Å²) in [5.41, 5.74) is 0.383. The Morgan fingerprint density at radius 3 is 2.05 bits per heavy atom. The van der Waals surface area contributed by atoms with Crippen LogP contribution in [0.2, 0.25) is 0 Å². The standard InChI is InChI=1S/C18H30N2O/c1-12(2)4-5-19-17(21)20-13(3)18-9-14-6-15(10-18)8-16(7-14)11-18/h4-5,12-16H,6-11H2,1-3H3,(H2,19,20,21)/b5-4+. The van der Waals surface area contributed by atoms with E-state index in [1.165, 1.54) is 38.5 Å². The van der Waals surface area contributed by atoms with Crippen LogP contribution in [0.5, 0.6) is 0 Å². The van der Waals surface area contributed by atoms with Crippen molar-refractivity contribution in [3.8, 4) is 0 Å². The highest BCUT2D eigenvalue weighted by Gasteiger charge is 2.53. The Kier molecular flexibility index (Phi) is 4.02. The number of allylic oxidation sites excluding steroid dienone is 1. The number of nitrogens with one attached hydrogen (secondary N) is 2. The smallest absolute Gasteiger partial charge is 0.318 e. The Bertz CT molecular complexity index is 392. The molecule has 21 heavy (non-hydrogen) atoms. The second-order valence-electron chi connectivity index (χ2n) is 8.22. The first-order chi connectivity index (χ1) is 9.97. The lowest BCUT2D eigenvalue weighted by Gasteiger charge is -2.59. The second-order valence-corrected chi connectivity index (χ2v) is 8.22. The van der Waals surface area contributed by atoms with E-state index in [1.54, 1.807) is 6.20 Å². The monoisotopic (exact) mass is 290 g/mol. The average Bonchev–Trinajstić information content (AvgIpc) is 2.36. The Morgan fingerprint density at radius 2 is 1.57 bits per heavy atom. The summed E-state index contributed by atoms with van der Waals surface area (Å²) in [6, 6.07) is 0.244. The summed E-state index contributed by atoms with van der Waals surface area (Å²) in [5.74, 6) is 3.27. The lowest BCUT2D eigenvalue weighted by atomic mass is 9.48. The lowest BCUT2D eigenvalue weighted by molar-refractivity contribution is -0.0681.